The number of thiophene rings is 1. The lowest BCUT2D eigenvalue weighted by Gasteiger charge is -2.21. The summed E-state index contributed by atoms with van der Waals surface area (Å²) in [5.41, 5.74) is 0.514. The Hall–Kier alpha value is -0.960. The van der Waals surface area contributed by atoms with E-state index in [9.17, 15) is 13.2 Å². The Labute approximate surface area is 129 Å². The highest BCUT2D eigenvalue weighted by Gasteiger charge is 2.32. The molecule has 6 nitrogen and oxygen atoms in total. The number of nitrogens with zero attached hydrogens (tertiary/aromatic N) is 1. The second kappa shape index (κ2) is 7.88. The normalized spacial score (nSPS) is 11.9. The average molecular weight is 335 g/mol. The van der Waals surface area contributed by atoms with Gasteiger partial charge in [-0.15, -0.1) is 11.3 Å². The van der Waals surface area contributed by atoms with Crippen LogP contribution in [0.15, 0.2) is 10.3 Å². The number of unbranched alkanes of at least 4 members (excludes halogenated alkanes) is 1. The molecule has 1 rings (SSSR count). The van der Waals surface area contributed by atoms with Gasteiger partial charge in [0.2, 0.25) is 10.0 Å². The smallest absolute Gasteiger partial charge is 0.349 e. The average Bonchev–Trinajstić information content (AvgIpc) is 2.84. The van der Waals surface area contributed by atoms with Crippen LogP contribution in [0, 0.1) is 6.92 Å². The Balaban J connectivity index is 3.27. The predicted molar refractivity (Wildman–Crippen MR) is 81.1 cm³/mol. The summed E-state index contributed by atoms with van der Waals surface area (Å²) in [4.78, 5) is 11.8. The van der Waals surface area contributed by atoms with Crippen molar-refractivity contribution in [3.63, 3.8) is 0 Å². The number of ether oxygens (including phenoxy) is 1. The Bertz CT molecular complexity index is 579. The maximum atomic E-state index is 12.8. The number of aliphatic hydroxyl groups excluding tert-OH is 1. The van der Waals surface area contributed by atoms with Crippen LogP contribution in [-0.2, 0) is 14.8 Å². The number of rotatable bonds is 8. The van der Waals surface area contributed by atoms with Gasteiger partial charge in [-0.1, -0.05) is 13.3 Å². The second-order valence-electron chi connectivity index (χ2n) is 4.55. The summed E-state index contributed by atoms with van der Waals surface area (Å²) in [5, 5.41) is 10.7. The first-order valence-electron chi connectivity index (χ1n) is 6.67. The zero-order chi connectivity index (χ0) is 16.0. The molecular formula is C13H21NO5S2. The molecular weight excluding hydrogens is 314 g/mol. The molecule has 8 heteroatoms. The lowest BCUT2D eigenvalue weighted by atomic mass is 10.3. The van der Waals surface area contributed by atoms with E-state index in [0.717, 1.165) is 17.8 Å². The van der Waals surface area contributed by atoms with Crippen molar-refractivity contribution < 1.29 is 23.1 Å². The summed E-state index contributed by atoms with van der Waals surface area (Å²) in [6, 6.07) is 0. The Morgan fingerprint density at radius 3 is 2.62 bits per heavy atom. The highest BCUT2D eigenvalue weighted by Crippen LogP contribution is 2.30. The van der Waals surface area contributed by atoms with Gasteiger partial charge in [0, 0.05) is 13.1 Å². The van der Waals surface area contributed by atoms with Gasteiger partial charge < -0.3 is 9.84 Å². The van der Waals surface area contributed by atoms with Crippen LogP contribution in [0.4, 0.5) is 0 Å². The topological polar surface area (TPSA) is 83.9 Å². The molecule has 0 aromatic carbocycles. The van der Waals surface area contributed by atoms with Gasteiger partial charge in [0.25, 0.3) is 0 Å². The van der Waals surface area contributed by atoms with Crippen LogP contribution in [0.1, 0.15) is 35.0 Å². The molecule has 0 aliphatic carbocycles. The molecule has 0 aliphatic heterocycles. The molecule has 0 aliphatic rings. The third kappa shape index (κ3) is 4.03. The fourth-order valence-corrected chi connectivity index (χ4v) is 5.04. The highest BCUT2D eigenvalue weighted by molar-refractivity contribution is 7.89. The Kier molecular flexibility index (Phi) is 6.79. The Morgan fingerprint density at radius 2 is 2.10 bits per heavy atom. The third-order valence-corrected chi connectivity index (χ3v) is 6.29. The van der Waals surface area contributed by atoms with Crippen molar-refractivity contribution in [2.75, 3.05) is 26.8 Å². The van der Waals surface area contributed by atoms with Crippen molar-refractivity contribution in [2.24, 2.45) is 0 Å². The monoisotopic (exact) mass is 335 g/mol. The molecule has 0 bridgehead atoms. The number of hydrogen-bond acceptors (Lipinski definition) is 6. The molecule has 0 radical (unpaired) electrons. The number of aryl methyl sites for hydroxylation is 1. The van der Waals surface area contributed by atoms with Crippen LogP contribution in [0.25, 0.3) is 0 Å². The third-order valence-electron chi connectivity index (χ3n) is 3.00. The quantitative estimate of drug-likeness (QED) is 0.730. The summed E-state index contributed by atoms with van der Waals surface area (Å²) >= 11 is 1.05. The van der Waals surface area contributed by atoms with Gasteiger partial charge in [0.1, 0.15) is 9.77 Å². The van der Waals surface area contributed by atoms with Crippen LogP contribution < -0.4 is 0 Å². The molecule has 0 saturated carbocycles. The summed E-state index contributed by atoms with van der Waals surface area (Å²) in [7, 11) is -2.61. The van der Waals surface area contributed by atoms with Crippen LogP contribution in [0.3, 0.4) is 0 Å². The van der Waals surface area contributed by atoms with Gasteiger partial charge in [-0.3, -0.25) is 0 Å². The lowest BCUT2D eigenvalue weighted by Crippen LogP contribution is -2.35. The van der Waals surface area contributed by atoms with E-state index in [1.165, 1.54) is 11.4 Å². The van der Waals surface area contributed by atoms with Crippen LogP contribution in [0.2, 0.25) is 0 Å². The Morgan fingerprint density at radius 1 is 1.43 bits per heavy atom. The predicted octanol–water partition coefficient (Wildman–Crippen LogP) is 1.63. The fourth-order valence-electron chi connectivity index (χ4n) is 1.91. The van der Waals surface area contributed by atoms with Crippen molar-refractivity contribution >= 4 is 27.3 Å². The largest absolute Gasteiger partial charge is 0.465 e. The van der Waals surface area contributed by atoms with Gasteiger partial charge in [-0.05, 0) is 24.3 Å². The van der Waals surface area contributed by atoms with Gasteiger partial charge in [0.05, 0.1) is 13.7 Å². The number of sulfonamides is 1. The zero-order valence-corrected chi connectivity index (χ0v) is 14.1. The second-order valence-corrected chi connectivity index (χ2v) is 7.30. The van der Waals surface area contributed by atoms with E-state index in [-0.39, 0.29) is 22.9 Å². The van der Waals surface area contributed by atoms with Crippen molar-refractivity contribution in [1.82, 2.24) is 4.31 Å². The minimum atomic E-state index is -3.83. The van der Waals surface area contributed by atoms with Crippen molar-refractivity contribution in [2.45, 2.75) is 31.6 Å². The van der Waals surface area contributed by atoms with Crippen molar-refractivity contribution in [3.05, 3.63) is 15.8 Å². The molecule has 1 heterocycles. The van der Waals surface area contributed by atoms with E-state index in [1.54, 1.807) is 12.3 Å². The van der Waals surface area contributed by atoms with Gasteiger partial charge in [-0.2, -0.15) is 4.31 Å². The minimum Gasteiger partial charge on any atom is -0.465 e. The van der Waals surface area contributed by atoms with Gasteiger partial charge >= 0.3 is 5.97 Å². The number of carbonyl (C=O) groups is 1. The van der Waals surface area contributed by atoms with Gasteiger partial charge in [0.15, 0.2) is 0 Å². The molecule has 0 atom stereocenters. The molecule has 120 valence electrons. The maximum absolute atomic E-state index is 12.8. The first kappa shape index (κ1) is 18.1. The van der Waals surface area contributed by atoms with E-state index in [0.29, 0.717) is 18.5 Å². The highest BCUT2D eigenvalue weighted by atomic mass is 32.2. The molecule has 0 unspecified atom stereocenters. The molecule has 21 heavy (non-hydrogen) atoms. The lowest BCUT2D eigenvalue weighted by molar-refractivity contribution is 0.0602. The molecule has 0 saturated heterocycles. The number of carbonyl (C=O) groups excluding carboxylic acids is 1. The molecule has 1 N–H and O–H groups in total. The van der Waals surface area contributed by atoms with Gasteiger partial charge in [-0.25, -0.2) is 13.2 Å². The molecule has 1 aromatic rings. The number of methoxy groups -OCH3 is 1. The summed E-state index contributed by atoms with van der Waals surface area (Å²) in [5.74, 6) is -0.661. The van der Waals surface area contributed by atoms with E-state index >= 15 is 0 Å². The number of esters is 1. The van der Waals surface area contributed by atoms with E-state index in [4.69, 9.17) is 5.11 Å². The first-order chi connectivity index (χ1) is 9.89. The van der Waals surface area contributed by atoms with E-state index in [1.807, 2.05) is 6.92 Å². The molecule has 0 spiro atoms. The molecule has 0 amide bonds. The van der Waals surface area contributed by atoms with Crippen LogP contribution in [-0.4, -0.2) is 50.6 Å². The molecule has 0 fully saturated rings. The van der Waals surface area contributed by atoms with Crippen LogP contribution in [0.5, 0.6) is 0 Å². The number of hydrogen-bond donors (Lipinski definition) is 1. The fraction of sp³-hybridized carbons (Fsp3) is 0.615. The molecule has 1 aromatic heterocycles. The summed E-state index contributed by atoms with van der Waals surface area (Å²) < 4.78 is 31.4. The maximum Gasteiger partial charge on any atom is 0.349 e. The zero-order valence-electron chi connectivity index (χ0n) is 12.5. The number of aliphatic hydroxyl groups is 1. The van der Waals surface area contributed by atoms with Crippen molar-refractivity contribution in [3.8, 4) is 0 Å². The first-order valence-corrected chi connectivity index (χ1v) is 8.99. The van der Waals surface area contributed by atoms with Crippen molar-refractivity contribution in [1.29, 1.82) is 0 Å². The standard InChI is InChI=1S/C13H21NO5S2/c1-4-5-6-14(7-8-15)21(17,18)12-10(2)9-20-11(12)13(16)19-3/h9,15H,4-8H2,1-3H3. The van der Waals surface area contributed by atoms with Crippen LogP contribution >= 0.6 is 11.3 Å². The SMILES string of the molecule is CCCCN(CCO)S(=O)(=O)c1c(C)csc1C(=O)OC. The van der Waals surface area contributed by atoms with E-state index in [2.05, 4.69) is 4.74 Å². The van der Waals surface area contributed by atoms with E-state index < -0.39 is 16.0 Å². The minimum absolute atomic E-state index is 0.0103. The summed E-state index contributed by atoms with van der Waals surface area (Å²) in [6.45, 7) is 3.67. The summed E-state index contributed by atoms with van der Waals surface area (Å²) in [6.07, 6.45) is 1.53.